The summed E-state index contributed by atoms with van der Waals surface area (Å²) >= 11 is 0. The molecule has 0 heterocycles. The SMILES string of the molecule is CCc1ccc2cc3ccccc3c(O[Si](CC)(CC)CC)c2c1. The van der Waals surface area contributed by atoms with Crippen LogP contribution in [0.15, 0.2) is 48.5 Å². The molecule has 1 nitrogen and oxygen atoms in total. The van der Waals surface area contributed by atoms with Gasteiger partial charge < -0.3 is 4.43 Å². The molecule has 0 spiro atoms. The molecule has 0 N–H and O–H groups in total. The quantitative estimate of drug-likeness (QED) is 0.350. The van der Waals surface area contributed by atoms with Gasteiger partial charge in [-0.25, -0.2) is 0 Å². The van der Waals surface area contributed by atoms with Gasteiger partial charge in [-0.05, 0) is 53.0 Å². The van der Waals surface area contributed by atoms with Gasteiger partial charge in [-0.2, -0.15) is 0 Å². The van der Waals surface area contributed by atoms with E-state index in [-0.39, 0.29) is 0 Å². The average Bonchev–Trinajstić information content (AvgIpc) is 2.65. The number of rotatable bonds is 6. The van der Waals surface area contributed by atoms with Crippen LogP contribution in [0.1, 0.15) is 33.3 Å². The predicted molar refractivity (Wildman–Crippen MR) is 109 cm³/mol. The summed E-state index contributed by atoms with van der Waals surface area (Å²) in [6.07, 6.45) is 1.06. The first kappa shape index (κ1) is 17.0. The summed E-state index contributed by atoms with van der Waals surface area (Å²) < 4.78 is 6.91. The van der Waals surface area contributed by atoms with Gasteiger partial charge in [-0.1, -0.05) is 64.1 Å². The van der Waals surface area contributed by atoms with Crippen molar-refractivity contribution in [1.82, 2.24) is 0 Å². The first-order valence-corrected chi connectivity index (χ1v) is 11.8. The van der Waals surface area contributed by atoms with Crippen LogP contribution < -0.4 is 4.43 Å². The molecular weight excluding hydrogens is 308 g/mol. The van der Waals surface area contributed by atoms with Crippen molar-refractivity contribution >= 4 is 29.9 Å². The second-order valence-corrected chi connectivity index (χ2v) is 11.4. The molecule has 24 heavy (non-hydrogen) atoms. The molecule has 0 bridgehead atoms. The first-order valence-electron chi connectivity index (χ1n) is 9.29. The minimum Gasteiger partial charge on any atom is -0.543 e. The summed E-state index contributed by atoms with van der Waals surface area (Å²) in [6, 6.07) is 21.3. The van der Waals surface area contributed by atoms with Crippen LogP contribution in [0.3, 0.4) is 0 Å². The first-order chi connectivity index (χ1) is 11.7. The van der Waals surface area contributed by atoms with Crippen LogP contribution in [0.4, 0.5) is 0 Å². The van der Waals surface area contributed by atoms with E-state index in [0.717, 1.165) is 30.3 Å². The Bertz CT molecular complexity index is 841. The highest BCUT2D eigenvalue weighted by Gasteiger charge is 2.31. The van der Waals surface area contributed by atoms with Gasteiger partial charge in [0.2, 0.25) is 0 Å². The van der Waals surface area contributed by atoms with Gasteiger partial charge in [-0.15, -0.1) is 0 Å². The molecule has 0 aliphatic heterocycles. The van der Waals surface area contributed by atoms with Gasteiger partial charge in [0.1, 0.15) is 5.75 Å². The van der Waals surface area contributed by atoms with Crippen molar-refractivity contribution in [2.45, 2.75) is 52.2 Å². The lowest BCUT2D eigenvalue weighted by Gasteiger charge is -2.30. The topological polar surface area (TPSA) is 9.23 Å². The summed E-state index contributed by atoms with van der Waals surface area (Å²) in [5, 5.41) is 5.09. The Morgan fingerprint density at radius 2 is 1.42 bits per heavy atom. The molecule has 0 radical (unpaired) electrons. The lowest BCUT2D eigenvalue weighted by Crippen LogP contribution is -2.39. The zero-order valence-corrected chi connectivity index (χ0v) is 16.4. The smallest absolute Gasteiger partial charge is 0.250 e. The van der Waals surface area contributed by atoms with Crippen molar-refractivity contribution in [2.24, 2.45) is 0 Å². The van der Waals surface area contributed by atoms with E-state index in [2.05, 4.69) is 76.2 Å². The Morgan fingerprint density at radius 1 is 0.750 bits per heavy atom. The maximum atomic E-state index is 6.91. The van der Waals surface area contributed by atoms with E-state index >= 15 is 0 Å². The Balaban J connectivity index is 2.31. The molecule has 2 heteroatoms. The normalized spacial score (nSPS) is 12.0. The third-order valence-corrected chi connectivity index (χ3v) is 10.0. The molecular formula is C22H28OSi. The molecule has 3 aromatic rings. The highest BCUT2D eigenvalue weighted by Crippen LogP contribution is 2.38. The predicted octanol–water partition coefficient (Wildman–Crippen LogP) is 6.94. The molecule has 0 fully saturated rings. The van der Waals surface area contributed by atoms with E-state index in [1.807, 2.05) is 0 Å². The van der Waals surface area contributed by atoms with E-state index in [4.69, 9.17) is 4.43 Å². The lowest BCUT2D eigenvalue weighted by molar-refractivity contribution is 0.543. The van der Waals surface area contributed by atoms with E-state index in [1.54, 1.807) is 0 Å². The van der Waals surface area contributed by atoms with Gasteiger partial charge in [0.25, 0.3) is 8.32 Å². The molecule has 0 aliphatic carbocycles. The summed E-state index contributed by atoms with van der Waals surface area (Å²) in [7, 11) is -1.72. The molecule has 0 saturated carbocycles. The average molecular weight is 337 g/mol. The van der Waals surface area contributed by atoms with Crippen molar-refractivity contribution in [3.05, 3.63) is 54.1 Å². The third-order valence-electron chi connectivity index (χ3n) is 5.54. The van der Waals surface area contributed by atoms with Crippen molar-refractivity contribution in [2.75, 3.05) is 0 Å². The lowest BCUT2D eigenvalue weighted by atomic mass is 10.00. The second-order valence-electron chi connectivity index (χ2n) is 6.68. The molecule has 0 amide bonds. The van der Waals surface area contributed by atoms with E-state index in [9.17, 15) is 0 Å². The van der Waals surface area contributed by atoms with Crippen LogP contribution in [0, 0.1) is 0 Å². The van der Waals surface area contributed by atoms with Crippen LogP contribution in [0.2, 0.25) is 18.1 Å². The maximum absolute atomic E-state index is 6.91. The maximum Gasteiger partial charge on any atom is 0.250 e. The monoisotopic (exact) mass is 336 g/mol. The van der Waals surface area contributed by atoms with E-state index in [1.165, 1.54) is 27.1 Å². The molecule has 0 aromatic heterocycles. The van der Waals surface area contributed by atoms with Gasteiger partial charge in [0, 0.05) is 10.8 Å². The van der Waals surface area contributed by atoms with Crippen LogP contribution in [0.25, 0.3) is 21.5 Å². The fraction of sp³-hybridized carbons (Fsp3) is 0.364. The Hall–Kier alpha value is -1.80. The van der Waals surface area contributed by atoms with Gasteiger partial charge in [0.05, 0.1) is 0 Å². The molecule has 0 saturated heterocycles. The largest absolute Gasteiger partial charge is 0.543 e. The molecule has 3 aromatic carbocycles. The summed E-state index contributed by atoms with van der Waals surface area (Å²) in [4.78, 5) is 0. The Labute approximate surface area is 146 Å². The zero-order valence-electron chi connectivity index (χ0n) is 15.4. The van der Waals surface area contributed by atoms with Crippen molar-refractivity contribution in [1.29, 1.82) is 0 Å². The van der Waals surface area contributed by atoms with Crippen LogP contribution in [0.5, 0.6) is 5.75 Å². The molecule has 3 rings (SSSR count). The zero-order chi connectivity index (χ0) is 17.2. The number of aryl methyl sites for hydroxylation is 1. The number of fused-ring (bicyclic) bond motifs is 2. The van der Waals surface area contributed by atoms with Gasteiger partial charge in [0.15, 0.2) is 0 Å². The van der Waals surface area contributed by atoms with Crippen LogP contribution >= 0.6 is 0 Å². The second kappa shape index (κ2) is 6.98. The summed E-state index contributed by atoms with van der Waals surface area (Å²) in [6.45, 7) is 9.10. The van der Waals surface area contributed by atoms with E-state index < -0.39 is 8.32 Å². The molecule has 0 atom stereocenters. The number of hydrogen-bond donors (Lipinski definition) is 0. The number of benzene rings is 3. The van der Waals surface area contributed by atoms with Crippen LogP contribution in [-0.2, 0) is 6.42 Å². The molecule has 0 aliphatic rings. The fourth-order valence-electron chi connectivity index (χ4n) is 3.58. The third kappa shape index (κ3) is 2.95. The van der Waals surface area contributed by atoms with Crippen LogP contribution in [-0.4, -0.2) is 8.32 Å². The van der Waals surface area contributed by atoms with Crippen molar-refractivity contribution in [3.63, 3.8) is 0 Å². The highest BCUT2D eigenvalue weighted by molar-refractivity contribution is 6.74. The summed E-state index contributed by atoms with van der Waals surface area (Å²) in [5.41, 5.74) is 1.37. The minimum absolute atomic E-state index is 1.06. The Kier molecular flexibility index (Phi) is 4.95. The number of hydrogen-bond acceptors (Lipinski definition) is 1. The molecule has 126 valence electrons. The summed E-state index contributed by atoms with van der Waals surface area (Å²) in [5.74, 6) is 1.12. The van der Waals surface area contributed by atoms with Crippen molar-refractivity contribution in [3.8, 4) is 5.75 Å². The minimum atomic E-state index is -1.72. The standard InChI is InChI=1S/C22H28OSi/c1-5-17-13-14-19-16-18-11-9-10-12-20(18)22(21(19)15-17)23-24(6-2,7-3)8-4/h9-16H,5-8H2,1-4H3. The fourth-order valence-corrected chi connectivity index (χ4v) is 6.17. The Morgan fingerprint density at radius 3 is 2.08 bits per heavy atom. The molecule has 0 unspecified atom stereocenters. The van der Waals surface area contributed by atoms with Crippen molar-refractivity contribution < 1.29 is 4.43 Å². The van der Waals surface area contributed by atoms with E-state index in [0.29, 0.717) is 0 Å². The van der Waals surface area contributed by atoms with Gasteiger partial charge in [-0.3, -0.25) is 0 Å². The highest BCUT2D eigenvalue weighted by atomic mass is 28.4. The van der Waals surface area contributed by atoms with Gasteiger partial charge >= 0.3 is 0 Å².